The lowest BCUT2D eigenvalue weighted by atomic mass is 9.99. The number of nitrogens with zero attached hydrogens (tertiary/aromatic N) is 1. The van der Waals surface area contributed by atoms with Gasteiger partial charge in [-0.15, -0.1) is 0 Å². The first-order valence-electron chi connectivity index (χ1n) is 9.13. The largest absolute Gasteiger partial charge is 0.321 e. The van der Waals surface area contributed by atoms with Gasteiger partial charge < -0.3 is 5.32 Å². The third kappa shape index (κ3) is 4.21. The highest BCUT2D eigenvalue weighted by Gasteiger charge is 2.16. The van der Waals surface area contributed by atoms with Gasteiger partial charge in [0.25, 0.3) is 5.91 Å². The molecule has 1 amide bonds. The molecule has 1 aliphatic heterocycles. The summed E-state index contributed by atoms with van der Waals surface area (Å²) in [6, 6.07) is 23.7. The van der Waals surface area contributed by atoms with E-state index in [1.807, 2.05) is 36.4 Å². The second kappa shape index (κ2) is 7.95. The van der Waals surface area contributed by atoms with E-state index in [1.165, 1.54) is 16.7 Å². The third-order valence-electron chi connectivity index (χ3n) is 4.95. The number of anilines is 1. The average molecular weight is 377 g/mol. The predicted molar refractivity (Wildman–Crippen MR) is 110 cm³/mol. The number of para-hydroxylation sites is 1. The van der Waals surface area contributed by atoms with Crippen LogP contribution in [0.5, 0.6) is 0 Å². The van der Waals surface area contributed by atoms with Crippen molar-refractivity contribution in [1.29, 1.82) is 0 Å². The van der Waals surface area contributed by atoms with Crippen molar-refractivity contribution in [3.63, 3.8) is 0 Å². The van der Waals surface area contributed by atoms with E-state index < -0.39 is 0 Å². The highest BCUT2D eigenvalue weighted by atomic mass is 35.5. The SMILES string of the molecule is O=C(Nc1ccccc1Cl)c1ccc(CN2CCc3ccccc3C2)cc1. The summed E-state index contributed by atoms with van der Waals surface area (Å²) in [6.07, 6.45) is 1.09. The minimum Gasteiger partial charge on any atom is -0.321 e. The van der Waals surface area contributed by atoms with E-state index in [-0.39, 0.29) is 5.91 Å². The van der Waals surface area contributed by atoms with E-state index in [1.54, 1.807) is 12.1 Å². The number of amides is 1. The van der Waals surface area contributed by atoms with Crippen LogP contribution < -0.4 is 5.32 Å². The van der Waals surface area contributed by atoms with Gasteiger partial charge in [-0.2, -0.15) is 0 Å². The molecule has 3 nitrogen and oxygen atoms in total. The molecule has 27 heavy (non-hydrogen) atoms. The number of fused-ring (bicyclic) bond motifs is 1. The Hall–Kier alpha value is -2.62. The zero-order valence-corrected chi connectivity index (χ0v) is 15.7. The van der Waals surface area contributed by atoms with Gasteiger partial charge in [-0.3, -0.25) is 9.69 Å². The number of halogens is 1. The standard InChI is InChI=1S/C23H21ClN2O/c24-21-7-3-4-8-22(21)25-23(27)19-11-9-17(10-12-19)15-26-14-13-18-5-1-2-6-20(18)16-26/h1-12H,13-16H2,(H,25,27). The van der Waals surface area contributed by atoms with Crippen molar-refractivity contribution in [2.75, 3.05) is 11.9 Å². The molecular weight excluding hydrogens is 356 g/mol. The highest BCUT2D eigenvalue weighted by Crippen LogP contribution is 2.22. The Balaban J connectivity index is 1.39. The number of carbonyl (C=O) groups is 1. The maximum absolute atomic E-state index is 12.4. The van der Waals surface area contributed by atoms with Crippen molar-refractivity contribution < 1.29 is 4.79 Å². The van der Waals surface area contributed by atoms with Crippen molar-refractivity contribution in [3.05, 3.63) is 100 Å². The maximum Gasteiger partial charge on any atom is 0.255 e. The van der Waals surface area contributed by atoms with Gasteiger partial charge in [-0.05, 0) is 47.4 Å². The first-order chi connectivity index (χ1) is 13.2. The highest BCUT2D eigenvalue weighted by molar-refractivity contribution is 6.33. The van der Waals surface area contributed by atoms with E-state index in [0.29, 0.717) is 16.3 Å². The van der Waals surface area contributed by atoms with E-state index in [9.17, 15) is 4.79 Å². The lowest BCUT2D eigenvalue weighted by molar-refractivity contribution is 0.102. The summed E-state index contributed by atoms with van der Waals surface area (Å²) >= 11 is 6.11. The van der Waals surface area contributed by atoms with E-state index in [2.05, 4.69) is 34.5 Å². The molecule has 0 bridgehead atoms. The Morgan fingerprint density at radius 2 is 1.63 bits per heavy atom. The summed E-state index contributed by atoms with van der Waals surface area (Å²) in [6.45, 7) is 2.93. The van der Waals surface area contributed by atoms with Gasteiger partial charge >= 0.3 is 0 Å². The monoisotopic (exact) mass is 376 g/mol. The van der Waals surface area contributed by atoms with E-state index >= 15 is 0 Å². The summed E-state index contributed by atoms with van der Waals surface area (Å²) in [4.78, 5) is 14.9. The number of rotatable bonds is 4. The first kappa shape index (κ1) is 17.8. The van der Waals surface area contributed by atoms with Crippen LogP contribution in [0.2, 0.25) is 5.02 Å². The second-order valence-electron chi connectivity index (χ2n) is 6.86. The molecule has 0 atom stereocenters. The molecular formula is C23H21ClN2O. The fourth-order valence-corrected chi connectivity index (χ4v) is 3.65. The van der Waals surface area contributed by atoms with Gasteiger partial charge in [0.1, 0.15) is 0 Å². The maximum atomic E-state index is 12.4. The van der Waals surface area contributed by atoms with Crippen LogP contribution in [0.1, 0.15) is 27.0 Å². The molecule has 0 aromatic heterocycles. The molecule has 0 aliphatic carbocycles. The van der Waals surface area contributed by atoms with E-state index in [0.717, 1.165) is 26.1 Å². The molecule has 1 aliphatic rings. The molecule has 136 valence electrons. The lowest BCUT2D eigenvalue weighted by Crippen LogP contribution is -2.29. The van der Waals surface area contributed by atoms with Gasteiger partial charge in [-0.1, -0.05) is 60.1 Å². The number of nitrogens with one attached hydrogen (secondary N) is 1. The van der Waals surface area contributed by atoms with Crippen LogP contribution in [-0.4, -0.2) is 17.4 Å². The Bertz CT molecular complexity index is 953. The number of carbonyl (C=O) groups excluding carboxylic acids is 1. The van der Waals surface area contributed by atoms with Crippen molar-refractivity contribution in [2.24, 2.45) is 0 Å². The van der Waals surface area contributed by atoms with Crippen LogP contribution in [0.3, 0.4) is 0 Å². The smallest absolute Gasteiger partial charge is 0.255 e. The molecule has 0 saturated carbocycles. The summed E-state index contributed by atoms with van der Waals surface area (Å²) in [5, 5.41) is 3.39. The van der Waals surface area contributed by atoms with Crippen LogP contribution in [0.15, 0.2) is 72.8 Å². The third-order valence-corrected chi connectivity index (χ3v) is 5.28. The molecule has 0 fully saturated rings. The average Bonchev–Trinajstić information content (AvgIpc) is 2.70. The zero-order chi connectivity index (χ0) is 18.6. The van der Waals surface area contributed by atoms with Gasteiger partial charge in [0.2, 0.25) is 0 Å². The van der Waals surface area contributed by atoms with Crippen molar-refractivity contribution in [2.45, 2.75) is 19.5 Å². The van der Waals surface area contributed by atoms with Gasteiger partial charge in [0.05, 0.1) is 10.7 Å². The predicted octanol–water partition coefficient (Wildman–Crippen LogP) is 5.15. The zero-order valence-electron chi connectivity index (χ0n) is 15.0. The Kier molecular flexibility index (Phi) is 5.23. The Morgan fingerprint density at radius 3 is 2.41 bits per heavy atom. The molecule has 1 N–H and O–H groups in total. The summed E-state index contributed by atoms with van der Waals surface area (Å²) in [7, 11) is 0. The normalized spacial score (nSPS) is 13.8. The van der Waals surface area contributed by atoms with Crippen molar-refractivity contribution in [3.8, 4) is 0 Å². The van der Waals surface area contributed by atoms with Gasteiger partial charge in [0, 0.05) is 25.2 Å². The molecule has 0 radical (unpaired) electrons. The van der Waals surface area contributed by atoms with Crippen LogP contribution in [-0.2, 0) is 19.5 Å². The number of hydrogen-bond acceptors (Lipinski definition) is 2. The molecule has 0 saturated heterocycles. The molecule has 4 heteroatoms. The molecule has 3 aromatic carbocycles. The Morgan fingerprint density at radius 1 is 0.926 bits per heavy atom. The molecule has 3 aromatic rings. The first-order valence-corrected chi connectivity index (χ1v) is 9.51. The van der Waals surface area contributed by atoms with Crippen LogP contribution >= 0.6 is 11.6 Å². The minimum atomic E-state index is -0.151. The van der Waals surface area contributed by atoms with Crippen LogP contribution in [0.4, 0.5) is 5.69 Å². The number of hydrogen-bond donors (Lipinski definition) is 1. The fourth-order valence-electron chi connectivity index (χ4n) is 3.47. The summed E-state index contributed by atoms with van der Waals surface area (Å²) < 4.78 is 0. The van der Waals surface area contributed by atoms with E-state index in [4.69, 9.17) is 11.6 Å². The Labute approximate surface area is 164 Å². The van der Waals surface area contributed by atoms with Gasteiger partial charge in [-0.25, -0.2) is 0 Å². The number of benzene rings is 3. The van der Waals surface area contributed by atoms with Crippen LogP contribution in [0, 0.1) is 0 Å². The minimum absolute atomic E-state index is 0.151. The molecule has 1 heterocycles. The fraction of sp³-hybridized carbons (Fsp3) is 0.174. The molecule has 4 rings (SSSR count). The van der Waals surface area contributed by atoms with Crippen molar-refractivity contribution >= 4 is 23.2 Å². The van der Waals surface area contributed by atoms with Crippen molar-refractivity contribution in [1.82, 2.24) is 4.90 Å². The second-order valence-corrected chi connectivity index (χ2v) is 7.27. The summed E-state index contributed by atoms with van der Waals surface area (Å²) in [5.74, 6) is -0.151. The van der Waals surface area contributed by atoms with Gasteiger partial charge in [0.15, 0.2) is 0 Å². The molecule has 0 spiro atoms. The molecule has 0 unspecified atom stereocenters. The lowest BCUT2D eigenvalue weighted by Gasteiger charge is -2.28. The quantitative estimate of drug-likeness (QED) is 0.682. The summed E-state index contributed by atoms with van der Waals surface area (Å²) in [5.41, 5.74) is 5.34. The topological polar surface area (TPSA) is 32.3 Å². The van der Waals surface area contributed by atoms with Crippen LogP contribution in [0.25, 0.3) is 0 Å².